The fourth-order valence-corrected chi connectivity index (χ4v) is 5.27. The van der Waals surface area contributed by atoms with Gasteiger partial charge in [-0.3, -0.25) is 0 Å². The van der Waals surface area contributed by atoms with Gasteiger partial charge in [-0.15, -0.1) is 20.4 Å². The SMILES string of the molecule is COc1ccc(COCc2nnc(-c3ccc(N4CCC(C#N)(c5ccc(S(F)(F)(F)(F)F)cc5)CC4)nn3)o2)cc1. The highest BCUT2D eigenvalue weighted by Crippen LogP contribution is 3.02. The predicted molar refractivity (Wildman–Crippen MR) is 143 cm³/mol. The maximum atomic E-state index is 13.1. The molecular formula is C27H25F5N6O3S. The zero-order chi connectivity index (χ0) is 30.1. The quantitative estimate of drug-likeness (QED) is 0.186. The lowest BCUT2D eigenvalue weighted by Crippen LogP contribution is -2.42. The van der Waals surface area contributed by atoms with Crippen LogP contribution in [-0.2, 0) is 23.4 Å². The molecule has 2 aromatic heterocycles. The van der Waals surface area contributed by atoms with Gasteiger partial charge in [-0.2, -0.15) is 5.26 Å². The highest BCUT2D eigenvalue weighted by molar-refractivity contribution is 8.45. The average Bonchev–Trinajstić information content (AvgIpc) is 3.45. The minimum Gasteiger partial charge on any atom is -0.497 e. The molecule has 15 heteroatoms. The lowest BCUT2D eigenvalue weighted by atomic mass is 9.74. The van der Waals surface area contributed by atoms with Crippen molar-refractivity contribution in [1.29, 1.82) is 5.26 Å². The minimum atomic E-state index is -9.79. The Bertz CT molecular complexity index is 1590. The maximum Gasteiger partial charge on any atom is 0.310 e. The van der Waals surface area contributed by atoms with Crippen LogP contribution in [0.1, 0.15) is 29.9 Å². The van der Waals surface area contributed by atoms with Crippen LogP contribution in [0.3, 0.4) is 0 Å². The van der Waals surface area contributed by atoms with Gasteiger partial charge in [-0.1, -0.05) is 43.7 Å². The Morgan fingerprint density at radius 3 is 2.14 bits per heavy atom. The molecular weight excluding hydrogens is 583 g/mol. The Labute approximate surface area is 237 Å². The number of nitriles is 1. The van der Waals surface area contributed by atoms with E-state index in [4.69, 9.17) is 13.9 Å². The van der Waals surface area contributed by atoms with E-state index in [1.54, 1.807) is 19.2 Å². The number of methoxy groups -OCH3 is 1. The number of hydrogen-bond donors (Lipinski definition) is 0. The third-order valence-corrected chi connectivity index (χ3v) is 8.16. The molecule has 1 aliphatic heterocycles. The number of aromatic nitrogens is 4. The van der Waals surface area contributed by atoms with Gasteiger partial charge < -0.3 is 18.8 Å². The Kier molecular flexibility index (Phi) is 7.10. The molecule has 0 bridgehead atoms. The third kappa shape index (κ3) is 6.44. The van der Waals surface area contributed by atoms with Crippen molar-refractivity contribution in [1.82, 2.24) is 20.4 Å². The Morgan fingerprint density at radius 1 is 0.881 bits per heavy atom. The van der Waals surface area contributed by atoms with Crippen molar-refractivity contribution in [2.24, 2.45) is 0 Å². The number of hydrogen-bond acceptors (Lipinski definition) is 9. The van der Waals surface area contributed by atoms with Crippen molar-refractivity contribution >= 4 is 16.0 Å². The monoisotopic (exact) mass is 608 g/mol. The number of benzene rings is 2. The molecule has 1 saturated heterocycles. The van der Waals surface area contributed by atoms with E-state index in [1.807, 2.05) is 29.2 Å². The summed E-state index contributed by atoms with van der Waals surface area (Å²) in [6.45, 7) is 1.14. The van der Waals surface area contributed by atoms with Crippen LogP contribution >= 0.6 is 10.2 Å². The number of halogens is 5. The summed E-state index contributed by atoms with van der Waals surface area (Å²) in [5.41, 5.74) is 0.444. The van der Waals surface area contributed by atoms with Crippen LogP contribution in [0.4, 0.5) is 25.2 Å². The standard InChI is InChI=1S/C27H25F5N6O3S/c1-39-21-6-2-19(3-7-21)16-40-17-25-36-37-26(41-25)23-10-11-24(35-34-23)38-14-12-27(18-33,13-15-38)20-4-8-22(9-5-20)42(28,29,30,31)32/h2-11H,12-17H2,1H3. The highest BCUT2D eigenvalue weighted by atomic mass is 32.5. The normalized spacial score (nSPS) is 16.7. The molecule has 9 nitrogen and oxygen atoms in total. The molecule has 2 aromatic carbocycles. The van der Waals surface area contributed by atoms with Crippen LogP contribution in [0.2, 0.25) is 0 Å². The first kappa shape index (κ1) is 29.2. The van der Waals surface area contributed by atoms with Crippen molar-refractivity contribution in [3.8, 4) is 23.4 Å². The highest BCUT2D eigenvalue weighted by Gasteiger charge is 2.65. The van der Waals surface area contributed by atoms with Crippen molar-refractivity contribution < 1.29 is 33.3 Å². The van der Waals surface area contributed by atoms with E-state index < -0.39 is 20.5 Å². The molecule has 0 aliphatic carbocycles. The predicted octanol–water partition coefficient (Wildman–Crippen LogP) is 6.97. The summed E-state index contributed by atoms with van der Waals surface area (Å²) < 4.78 is 81.9. The van der Waals surface area contributed by atoms with E-state index >= 15 is 0 Å². The van der Waals surface area contributed by atoms with Crippen molar-refractivity contribution in [2.45, 2.75) is 36.4 Å². The van der Waals surface area contributed by atoms with Crippen LogP contribution < -0.4 is 9.64 Å². The van der Waals surface area contributed by atoms with Crippen molar-refractivity contribution in [3.05, 3.63) is 77.7 Å². The zero-order valence-electron chi connectivity index (χ0n) is 22.2. The first-order chi connectivity index (χ1) is 19.8. The molecule has 4 aromatic rings. The second kappa shape index (κ2) is 10.2. The van der Waals surface area contributed by atoms with Crippen LogP contribution in [-0.4, -0.2) is 40.6 Å². The van der Waals surface area contributed by atoms with E-state index in [0.717, 1.165) is 23.4 Å². The van der Waals surface area contributed by atoms with Crippen molar-refractivity contribution in [3.63, 3.8) is 0 Å². The largest absolute Gasteiger partial charge is 0.497 e. The van der Waals surface area contributed by atoms with E-state index in [0.29, 0.717) is 43.3 Å². The van der Waals surface area contributed by atoms with E-state index in [2.05, 4.69) is 26.5 Å². The van der Waals surface area contributed by atoms with Gasteiger partial charge >= 0.3 is 10.2 Å². The average molecular weight is 609 g/mol. The maximum absolute atomic E-state index is 13.1. The molecule has 3 heterocycles. The van der Waals surface area contributed by atoms with E-state index in [-0.39, 0.29) is 36.8 Å². The molecule has 0 spiro atoms. The Hall–Kier alpha value is -4.29. The smallest absolute Gasteiger partial charge is 0.310 e. The topological polar surface area (TPSA) is 110 Å². The van der Waals surface area contributed by atoms with Crippen LogP contribution in [0, 0.1) is 11.3 Å². The second-order valence-corrected chi connectivity index (χ2v) is 12.2. The lowest BCUT2D eigenvalue weighted by molar-refractivity contribution is 0.0898. The second-order valence-electron chi connectivity index (χ2n) is 9.79. The summed E-state index contributed by atoms with van der Waals surface area (Å²) in [6.07, 6.45) is 0.512. The van der Waals surface area contributed by atoms with Gasteiger partial charge in [-0.25, -0.2) is 0 Å². The van der Waals surface area contributed by atoms with Gasteiger partial charge in [-0.05, 0) is 60.4 Å². The molecule has 222 valence electrons. The molecule has 5 rings (SSSR count). The fraction of sp³-hybridized carbons (Fsp3) is 0.296. The van der Waals surface area contributed by atoms with Gasteiger partial charge in [0.25, 0.3) is 5.89 Å². The number of ether oxygens (including phenoxy) is 2. The molecule has 0 amide bonds. The van der Waals surface area contributed by atoms with Crippen LogP contribution in [0.15, 0.2) is 70.0 Å². The van der Waals surface area contributed by atoms with E-state index in [1.165, 1.54) is 0 Å². The first-order valence-electron chi connectivity index (χ1n) is 12.7. The first-order valence-corrected chi connectivity index (χ1v) is 14.6. The molecule has 42 heavy (non-hydrogen) atoms. The summed E-state index contributed by atoms with van der Waals surface area (Å²) in [5.74, 6) is 1.69. The zero-order valence-corrected chi connectivity index (χ0v) is 23.0. The molecule has 0 atom stereocenters. The molecule has 0 saturated carbocycles. The van der Waals surface area contributed by atoms with Gasteiger partial charge in [0.1, 0.15) is 22.9 Å². The van der Waals surface area contributed by atoms with Crippen LogP contribution in [0.5, 0.6) is 5.75 Å². The van der Waals surface area contributed by atoms with Gasteiger partial charge in [0.15, 0.2) is 5.82 Å². The number of rotatable bonds is 9. The molecule has 0 radical (unpaired) electrons. The summed E-state index contributed by atoms with van der Waals surface area (Å²) >= 11 is 0. The fourth-order valence-electron chi connectivity index (χ4n) is 4.62. The van der Waals surface area contributed by atoms with Crippen molar-refractivity contribution in [2.75, 3.05) is 25.1 Å². The molecule has 0 N–H and O–H groups in total. The van der Waals surface area contributed by atoms with Crippen LogP contribution in [0.25, 0.3) is 11.6 Å². The number of nitrogens with zero attached hydrogens (tertiary/aromatic N) is 6. The summed E-state index contributed by atoms with van der Waals surface area (Å²) in [6, 6.07) is 15.6. The number of anilines is 1. The Morgan fingerprint density at radius 2 is 1.57 bits per heavy atom. The van der Waals surface area contributed by atoms with Gasteiger partial charge in [0.2, 0.25) is 5.89 Å². The molecule has 0 unspecified atom stereocenters. The molecule has 1 aliphatic rings. The van der Waals surface area contributed by atoms with Gasteiger partial charge in [0, 0.05) is 13.1 Å². The van der Waals surface area contributed by atoms with Gasteiger partial charge in [0.05, 0.1) is 25.2 Å². The number of piperidine rings is 1. The third-order valence-electron chi connectivity index (χ3n) is 7.00. The summed E-state index contributed by atoms with van der Waals surface area (Å²) in [7, 11) is -8.20. The minimum absolute atomic E-state index is 0.0989. The van der Waals surface area contributed by atoms with E-state index in [9.17, 15) is 24.7 Å². The lowest BCUT2D eigenvalue weighted by Gasteiger charge is -2.41. The Balaban J connectivity index is 1.18. The summed E-state index contributed by atoms with van der Waals surface area (Å²) in [5, 5.41) is 26.2. The molecule has 1 fully saturated rings. The summed E-state index contributed by atoms with van der Waals surface area (Å²) in [4.78, 5) is -0.101.